The van der Waals surface area contributed by atoms with Gasteiger partial charge < -0.3 is 5.11 Å². The van der Waals surface area contributed by atoms with E-state index in [1.54, 1.807) is 6.92 Å². The molecule has 3 nitrogen and oxygen atoms in total. The van der Waals surface area contributed by atoms with Crippen molar-refractivity contribution in [1.82, 2.24) is 0 Å². The van der Waals surface area contributed by atoms with Crippen LogP contribution in [0.2, 0.25) is 0 Å². The quantitative estimate of drug-likeness (QED) is 0.466. The maximum absolute atomic E-state index is 12.1. The minimum atomic E-state index is -0.779. The van der Waals surface area contributed by atoms with Crippen molar-refractivity contribution in [1.29, 1.82) is 0 Å². The fraction of sp³-hybridized carbons (Fsp3) is 0.517. The molecule has 4 aliphatic carbocycles. The molecule has 0 unspecified atom stereocenters. The van der Waals surface area contributed by atoms with E-state index >= 15 is 0 Å². The topological polar surface area (TPSA) is 54.4 Å². The highest BCUT2D eigenvalue weighted by atomic mass is 16.3. The highest BCUT2D eigenvalue weighted by Crippen LogP contribution is 2.67. The van der Waals surface area contributed by atoms with Gasteiger partial charge in [0.15, 0.2) is 11.6 Å². The summed E-state index contributed by atoms with van der Waals surface area (Å²) in [5.41, 5.74) is 5.20. The monoisotopic (exact) mass is 430 g/mol. The molecule has 2 saturated carbocycles. The van der Waals surface area contributed by atoms with Crippen LogP contribution >= 0.6 is 0 Å². The lowest BCUT2D eigenvalue weighted by molar-refractivity contribution is -0.114. The van der Waals surface area contributed by atoms with Crippen LogP contribution in [-0.2, 0) is 4.79 Å². The first kappa shape index (κ1) is 21.6. The molecule has 32 heavy (non-hydrogen) atoms. The molecule has 0 saturated heterocycles. The molecule has 1 aromatic rings. The van der Waals surface area contributed by atoms with Crippen molar-refractivity contribution in [3.8, 4) is 0 Å². The summed E-state index contributed by atoms with van der Waals surface area (Å²) in [5, 5.41) is 11.8. The first-order chi connectivity index (χ1) is 15.3. The molecule has 1 N–H and O–H groups in total. The van der Waals surface area contributed by atoms with Gasteiger partial charge in [-0.3, -0.25) is 9.59 Å². The number of hydrogen-bond donors (Lipinski definition) is 1. The average Bonchev–Trinajstić information content (AvgIpc) is 3.03. The molecule has 0 bridgehead atoms. The Morgan fingerprint density at radius 3 is 2.56 bits per heavy atom. The molecule has 3 heteroatoms. The number of benzene rings is 1. The number of rotatable bonds is 3. The summed E-state index contributed by atoms with van der Waals surface area (Å²) in [5.74, 6) is 1.46. The number of hydrogen-bond acceptors (Lipinski definition) is 3. The summed E-state index contributed by atoms with van der Waals surface area (Å²) in [4.78, 5) is 24.0. The van der Waals surface area contributed by atoms with Crippen molar-refractivity contribution in [3.05, 3.63) is 70.3 Å². The molecule has 5 atom stereocenters. The van der Waals surface area contributed by atoms with E-state index in [4.69, 9.17) is 0 Å². The van der Waals surface area contributed by atoms with Gasteiger partial charge in [-0.15, -0.1) is 0 Å². The Bertz CT molecular complexity index is 1060. The molecular weight excluding hydrogens is 396 g/mol. The highest BCUT2D eigenvalue weighted by Gasteiger charge is 2.61. The zero-order valence-electron chi connectivity index (χ0n) is 19.5. The number of Topliss-reactive ketones (excluding diaryl/α,β-unsaturated/α-hetero) is 1. The Balaban J connectivity index is 1.67. The van der Waals surface area contributed by atoms with E-state index in [-0.39, 0.29) is 22.9 Å². The third-order valence-corrected chi connectivity index (χ3v) is 9.11. The molecule has 0 aliphatic heterocycles. The van der Waals surface area contributed by atoms with Crippen molar-refractivity contribution in [2.45, 2.75) is 77.2 Å². The molecule has 2 fully saturated rings. The minimum Gasteiger partial charge on any atom is -0.385 e. The van der Waals surface area contributed by atoms with E-state index in [2.05, 4.69) is 19.1 Å². The molecule has 4 aliphatic rings. The molecule has 0 amide bonds. The van der Waals surface area contributed by atoms with Gasteiger partial charge >= 0.3 is 0 Å². The summed E-state index contributed by atoms with van der Waals surface area (Å²) in [6.07, 6.45) is 12.2. The van der Waals surface area contributed by atoms with Crippen molar-refractivity contribution in [2.24, 2.45) is 17.3 Å². The van der Waals surface area contributed by atoms with Gasteiger partial charge in [-0.25, -0.2) is 0 Å². The Morgan fingerprint density at radius 1 is 1.12 bits per heavy atom. The largest absolute Gasteiger partial charge is 0.385 e. The van der Waals surface area contributed by atoms with Crippen LogP contribution in [0.5, 0.6) is 0 Å². The lowest BCUT2D eigenvalue weighted by Crippen LogP contribution is -2.50. The van der Waals surface area contributed by atoms with Crippen LogP contribution in [0, 0.1) is 17.3 Å². The average molecular weight is 431 g/mol. The van der Waals surface area contributed by atoms with Gasteiger partial charge in [0, 0.05) is 23.3 Å². The van der Waals surface area contributed by atoms with E-state index < -0.39 is 5.60 Å². The van der Waals surface area contributed by atoms with E-state index in [0.717, 1.165) is 44.1 Å². The van der Waals surface area contributed by atoms with E-state index in [9.17, 15) is 14.7 Å². The summed E-state index contributed by atoms with van der Waals surface area (Å²) >= 11 is 0. The summed E-state index contributed by atoms with van der Waals surface area (Å²) < 4.78 is 0. The molecule has 1 aromatic carbocycles. The van der Waals surface area contributed by atoms with Gasteiger partial charge in [-0.1, -0.05) is 48.9 Å². The van der Waals surface area contributed by atoms with E-state index in [1.807, 2.05) is 37.3 Å². The lowest BCUT2D eigenvalue weighted by atomic mass is 9.51. The molecule has 0 aromatic heterocycles. The minimum absolute atomic E-state index is 0.0825. The van der Waals surface area contributed by atoms with Gasteiger partial charge in [-0.05, 0) is 87.0 Å². The van der Waals surface area contributed by atoms with Crippen molar-refractivity contribution < 1.29 is 14.7 Å². The van der Waals surface area contributed by atoms with E-state index in [0.29, 0.717) is 18.3 Å². The second kappa shape index (κ2) is 7.66. The third kappa shape index (κ3) is 3.12. The Morgan fingerprint density at radius 2 is 1.88 bits per heavy atom. The van der Waals surface area contributed by atoms with Gasteiger partial charge in [0.2, 0.25) is 0 Å². The molecular formula is C29H34O3. The number of allylic oxidation sites excluding steroid dienone is 5. The highest BCUT2D eigenvalue weighted by molar-refractivity contribution is 5.94. The molecule has 168 valence electrons. The zero-order valence-corrected chi connectivity index (χ0v) is 19.5. The van der Waals surface area contributed by atoms with Crippen LogP contribution in [0.25, 0.3) is 0 Å². The van der Waals surface area contributed by atoms with Crippen molar-refractivity contribution in [2.75, 3.05) is 0 Å². The van der Waals surface area contributed by atoms with E-state index in [1.165, 1.54) is 22.3 Å². The van der Waals surface area contributed by atoms with Crippen molar-refractivity contribution in [3.63, 3.8) is 0 Å². The maximum Gasteiger partial charge on any atom is 0.159 e. The molecule has 0 heterocycles. The molecule has 5 rings (SSSR count). The van der Waals surface area contributed by atoms with Gasteiger partial charge in [-0.2, -0.15) is 0 Å². The zero-order chi connectivity index (χ0) is 22.7. The standard InChI is InChI=1S/C29H34O3/c1-4-14-29(32)15-13-26-24-11-9-21-16-22(31)10-12-23(21)27(24)25(17-28(26,29)3)20-7-5-19(6-8-20)18(2)30/h4-8,14,16,24-26,32H,9-13,15,17H2,1-3H3/t24-,25+,26-,28-,29-/m0/s1. The normalized spacial score (nSPS) is 36.6. The fourth-order valence-corrected chi connectivity index (χ4v) is 7.50. The third-order valence-electron chi connectivity index (χ3n) is 9.11. The van der Waals surface area contributed by atoms with Crippen LogP contribution in [0.4, 0.5) is 0 Å². The van der Waals surface area contributed by atoms with Gasteiger partial charge in [0.05, 0.1) is 5.60 Å². The smallest absolute Gasteiger partial charge is 0.159 e. The second-order valence-corrected chi connectivity index (χ2v) is 10.6. The lowest BCUT2D eigenvalue weighted by Gasteiger charge is -2.54. The summed E-state index contributed by atoms with van der Waals surface area (Å²) in [6, 6.07) is 8.13. The first-order valence-corrected chi connectivity index (χ1v) is 12.2. The number of fused-ring (bicyclic) bond motifs is 4. The predicted molar refractivity (Wildman–Crippen MR) is 126 cm³/mol. The van der Waals surface area contributed by atoms with Crippen LogP contribution in [0.15, 0.2) is 59.2 Å². The maximum atomic E-state index is 12.1. The predicted octanol–water partition coefficient (Wildman–Crippen LogP) is 6.10. The number of carbonyl (C=O) groups excluding carboxylic acids is 2. The Labute approximate surface area is 191 Å². The van der Waals surface area contributed by atoms with Crippen LogP contribution in [-0.4, -0.2) is 22.3 Å². The SMILES string of the molecule is CC=C[C@]1(O)CC[C@H]2[C@@H]3CCC4=CC(=O)CCC4=C3[C@@H](c3ccc(C(C)=O)cc3)C[C@@]21C. The van der Waals surface area contributed by atoms with Gasteiger partial charge in [0.1, 0.15) is 0 Å². The van der Waals surface area contributed by atoms with Gasteiger partial charge in [0.25, 0.3) is 0 Å². The number of ketones is 2. The van der Waals surface area contributed by atoms with Crippen LogP contribution in [0.3, 0.4) is 0 Å². The number of carbonyl (C=O) groups is 2. The van der Waals surface area contributed by atoms with Crippen LogP contribution in [0.1, 0.15) is 87.6 Å². The first-order valence-electron chi connectivity index (χ1n) is 12.2. The Kier molecular flexibility index (Phi) is 5.16. The van der Waals surface area contributed by atoms with Crippen molar-refractivity contribution >= 4 is 11.6 Å². The van der Waals surface area contributed by atoms with Crippen LogP contribution < -0.4 is 0 Å². The second-order valence-electron chi connectivity index (χ2n) is 10.6. The molecule has 0 radical (unpaired) electrons. The Hall–Kier alpha value is -2.26. The molecule has 0 spiro atoms. The fourth-order valence-electron chi connectivity index (χ4n) is 7.50. The summed E-state index contributed by atoms with van der Waals surface area (Å²) in [6.45, 7) is 5.91. The summed E-state index contributed by atoms with van der Waals surface area (Å²) in [7, 11) is 0. The number of aliphatic hydroxyl groups is 1.